The van der Waals surface area contributed by atoms with E-state index >= 15 is 0 Å². The van der Waals surface area contributed by atoms with Crippen LogP contribution in [-0.4, -0.2) is 49.2 Å². The number of halogens is 2. The van der Waals surface area contributed by atoms with Gasteiger partial charge >= 0.3 is 6.09 Å². The van der Waals surface area contributed by atoms with Crippen LogP contribution in [0.4, 0.5) is 9.18 Å². The van der Waals surface area contributed by atoms with Crippen molar-refractivity contribution in [1.29, 1.82) is 0 Å². The zero-order valence-electron chi connectivity index (χ0n) is 18.0. The van der Waals surface area contributed by atoms with Gasteiger partial charge in [0.15, 0.2) is 5.96 Å². The number of hydrogen-bond acceptors (Lipinski definition) is 3. The first kappa shape index (κ1) is 25.5. The van der Waals surface area contributed by atoms with Crippen molar-refractivity contribution in [2.45, 2.75) is 52.7 Å². The van der Waals surface area contributed by atoms with Crippen LogP contribution in [0.2, 0.25) is 0 Å². The van der Waals surface area contributed by atoms with Gasteiger partial charge in [0.25, 0.3) is 0 Å². The minimum Gasteiger partial charge on any atom is -0.444 e. The number of hydrogen-bond donors (Lipinski definition) is 2. The molecule has 0 radical (unpaired) electrons. The van der Waals surface area contributed by atoms with Crippen LogP contribution in [0.1, 0.15) is 44.7 Å². The van der Waals surface area contributed by atoms with Crippen LogP contribution in [0.15, 0.2) is 23.2 Å². The number of benzene rings is 1. The Labute approximate surface area is 190 Å². The Morgan fingerprint density at radius 3 is 2.48 bits per heavy atom. The number of rotatable bonds is 4. The number of nitrogens with one attached hydrogen (secondary N) is 2. The van der Waals surface area contributed by atoms with Crippen LogP contribution in [0.5, 0.6) is 0 Å². The van der Waals surface area contributed by atoms with Gasteiger partial charge in [0, 0.05) is 33.2 Å². The summed E-state index contributed by atoms with van der Waals surface area (Å²) in [5.41, 5.74) is 1.05. The molecule has 1 amide bonds. The van der Waals surface area contributed by atoms with Crippen molar-refractivity contribution in [2.24, 2.45) is 10.9 Å². The second kappa shape index (κ2) is 11.6. The molecule has 0 aromatic heterocycles. The second-order valence-corrected chi connectivity index (χ2v) is 8.30. The van der Waals surface area contributed by atoms with Crippen molar-refractivity contribution in [3.63, 3.8) is 0 Å². The van der Waals surface area contributed by atoms with E-state index < -0.39 is 5.60 Å². The number of amides is 1. The lowest BCUT2D eigenvalue weighted by Crippen LogP contribution is -2.45. The van der Waals surface area contributed by atoms with E-state index in [4.69, 9.17) is 4.74 Å². The van der Waals surface area contributed by atoms with Gasteiger partial charge in [-0.15, -0.1) is 24.0 Å². The smallest absolute Gasteiger partial charge is 0.410 e. The fourth-order valence-electron chi connectivity index (χ4n) is 3.04. The summed E-state index contributed by atoms with van der Waals surface area (Å²) in [6.45, 7) is 10.1. The third kappa shape index (κ3) is 8.76. The number of carbonyl (C=O) groups excluding carboxylic acids is 1. The molecule has 1 aromatic rings. The molecule has 2 rings (SSSR count). The minimum atomic E-state index is -0.464. The van der Waals surface area contributed by atoms with Crippen LogP contribution in [0.3, 0.4) is 0 Å². The van der Waals surface area contributed by atoms with E-state index in [1.165, 1.54) is 0 Å². The maximum absolute atomic E-state index is 13.6. The zero-order valence-corrected chi connectivity index (χ0v) is 20.4. The molecule has 0 unspecified atom stereocenters. The minimum absolute atomic E-state index is 0. The first-order chi connectivity index (χ1) is 13.2. The molecule has 1 heterocycles. The molecule has 1 aliphatic rings. The lowest BCUT2D eigenvalue weighted by molar-refractivity contribution is 0.0185. The Morgan fingerprint density at radius 1 is 1.28 bits per heavy atom. The molecule has 1 fully saturated rings. The zero-order chi connectivity index (χ0) is 20.7. The Morgan fingerprint density at radius 2 is 1.93 bits per heavy atom. The van der Waals surface area contributed by atoms with Gasteiger partial charge in [-0.2, -0.15) is 0 Å². The number of nitrogens with zero attached hydrogens (tertiary/aromatic N) is 2. The van der Waals surface area contributed by atoms with E-state index in [9.17, 15) is 9.18 Å². The molecule has 0 saturated carbocycles. The molecule has 8 heteroatoms. The SMILES string of the molecule is CN=C(NCc1ccc(C)c(F)c1)NCC1CCN(C(=O)OC(C)(C)C)CC1.I. The van der Waals surface area contributed by atoms with Gasteiger partial charge in [0.1, 0.15) is 11.4 Å². The number of aliphatic imine (C=N–C) groups is 1. The van der Waals surface area contributed by atoms with Gasteiger partial charge in [-0.25, -0.2) is 9.18 Å². The van der Waals surface area contributed by atoms with Gasteiger partial charge in [-0.3, -0.25) is 4.99 Å². The van der Waals surface area contributed by atoms with Crippen molar-refractivity contribution in [1.82, 2.24) is 15.5 Å². The number of likely N-dealkylation sites (tertiary alicyclic amines) is 1. The van der Waals surface area contributed by atoms with Crippen molar-refractivity contribution >= 4 is 36.0 Å². The van der Waals surface area contributed by atoms with Gasteiger partial charge < -0.3 is 20.3 Å². The van der Waals surface area contributed by atoms with Crippen molar-refractivity contribution in [3.8, 4) is 0 Å². The summed E-state index contributed by atoms with van der Waals surface area (Å²) < 4.78 is 19.1. The second-order valence-electron chi connectivity index (χ2n) is 8.30. The molecular formula is C21H34FIN4O2. The fraction of sp³-hybridized carbons (Fsp3) is 0.619. The Balaban J connectivity index is 0.00000420. The lowest BCUT2D eigenvalue weighted by atomic mass is 9.97. The average Bonchev–Trinajstić information content (AvgIpc) is 2.63. The maximum atomic E-state index is 13.6. The molecule has 2 N–H and O–H groups in total. The topological polar surface area (TPSA) is 66.0 Å². The summed E-state index contributed by atoms with van der Waals surface area (Å²) in [6, 6.07) is 5.23. The van der Waals surface area contributed by atoms with Crippen molar-refractivity contribution in [3.05, 3.63) is 35.1 Å². The number of aryl methyl sites for hydroxylation is 1. The molecule has 0 spiro atoms. The summed E-state index contributed by atoms with van der Waals surface area (Å²) in [6.07, 6.45) is 1.61. The fourth-order valence-corrected chi connectivity index (χ4v) is 3.04. The third-order valence-corrected chi connectivity index (χ3v) is 4.74. The standard InChI is InChI=1S/C21H33FN4O2.HI/c1-15-6-7-17(12-18(15)22)14-25-19(23-5)24-13-16-8-10-26(11-9-16)20(27)28-21(2,3)4;/h6-7,12,16H,8-11,13-14H2,1-5H3,(H2,23,24,25);1H. The molecule has 1 saturated heterocycles. The number of ether oxygens (including phenoxy) is 1. The summed E-state index contributed by atoms with van der Waals surface area (Å²) in [7, 11) is 1.72. The van der Waals surface area contributed by atoms with Crippen molar-refractivity contribution in [2.75, 3.05) is 26.7 Å². The number of piperidine rings is 1. The van der Waals surface area contributed by atoms with E-state index in [1.54, 1.807) is 31.0 Å². The number of guanidine groups is 1. The van der Waals surface area contributed by atoms with E-state index in [1.807, 2.05) is 26.8 Å². The third-order valence-electron chi connectivity index (χ3n) is 4.74. The molecule has 29 heavy (non-hydrogen) atoms. The maximum Gasteiger partial charge on any atom is 0.410 e. The average molecular weight is 520 g/mol. The first-order valence-corrected chi connectivity index (χ1v) is 9.85. The van der Waals surface area contributed by atoms with Gasteiger partial charge in [0.2, 0.25) is 0 Å². The van der Waals surface area contributed by atoms with Crippen molar-refractivity contribution < 1.29 is 13.9 Å². The van der Waals surface area contributed by atoms with Crippen LogP contribution in [-0.2, 0) is 11.3 Å². The molecule has 0 atom stereocenters. The van der Waals surface area contributed by atoms with Crippen LogP contribution in [0.25, 0.3) is 0 Å². The highest BCUT2D eigenvalue weighted by Crippen LogP contribution is 2.19. The summed E-state index contributed by atoms with van der Waals surface area (Å²) >= 11 is 0. The lowest BCUT2D eigenvalue weighted by Gasteiger charge is -2.33. The molecule has 1 aliphatic heterocycles. The highest BCUT2D eigenvalue weighted by molar-refractivity contribution is 14.0. The molecule has 164 valence electrons. The van der Waals surface area contributed by atoms with E-state index in [-0.39, 0.29) is 35.9 Å². The molecule has 0 aliphatic carbocycles. The summed E-state index contributed by atoms with van der Waals surface area (Å²) in [5.74, 6) is 0.962. The highest BCUT2D eigenvalue weighted by atomic mass is 127. The van der Waals surface area contributed by atoms with Crippen LogP contribution < -0.4 is 10.6 Å². The first-order valence-electron chi connectivity index (χ1n) is 9.85. The van der Waals surface area contributed by atoms with Gasteiger partial charge in [-0.05, 0) is 63.6 Å². The van der Waals surface area contributed by atoms with Crippen LogP contribution in [0, 0.1) is 18.7 Å². The van der Waals surface area contributed by atoms with Gasteiger partial charge in [-0.1, -0.05) is 12.1 Å². The molecular weight excluding hydrogens is 486 g/mol. The molecule has 1 aromatic carbocycles. The predicted molar refractivity (Wildman–Crippen MR) is 125 cm³/mol. The van der Waals surface area contributed by atoms with E-state index in [0.29, 0.717) is 37.1 Å². The largest absolute Gasteiger partial charge is 0.444 e. The van der Waals surface area contributed by atoms with E-state index in [0.717, 1.165) is 24.9 Å². The quantitative estimate of drug-likeness (QED) is 0.357. The Hall–Kier alpha value is -1.58. The monoisotopic (exact) mass is 520 g/mol. The Kier molecular flexibility index (Phi) is 10.2. The van der Waals surface area contributed by atoms with Gasteiger partial charge in [0.05, 0.1) is 0 Å². The summed E-state index contributed by atoms with van der Waals surface area (Å²) in [4.78, 5) is 18.1. The number of carbonyl (C=O) groups is 1. The molecule has 0 bridgehead atoms. The normalized spacial score (nSPS) is 15.5. The predicted octanol–water partition coefficient (Wildman–Crippen LogP) is 4.06. The highest BCUT2D eigenvalue weighted by Gasteiger charge is 2.26. The van der Waals surface area contributed by atoms with E-state index in [2.05, 4.69) is 15.6 Å². The van der Waals surface area contributed by atoms with Crippen LogP contribution >= 0.6 is 24.0 Å². The Bertz CT molecular complexity index is 698. The summed E-state index contributed by atoms with van der Waals surface area (Å²) in [5, 5.41) is 6.54. The molecule has 6 nitrogen and oxygen atoms in total.